The summed E-state index contributed by atoms with van der Waals surface area (Å²) in [6, 6.07) is 20.8. The number of amides is 2. The van der Waals surface area contributed by atoms with Gasteiger partial charge in [-0.2, -0.15) is 0 Å². The number of benzene rings is 2. The zero-order chi connectivity index (χ0) is 21.8. The van der Waals surface area contributed by atoms with Crippen molar-refractivity contribution >= 4 is 28.8 Å². The number of ether oxygens (including phenoxy) is 1. The molecule has 3 aromatic rings. The van der Waals surface area contributed by atoms with Crippen LogP contribution in [0, 0.1) is 0 Å². The first-order valence-electron chi connectivity index (χ1n) is 10.5. The van der Waals surface area contributed by atoms with Gasteiger partial charge in [-0.3, -0.25) is 9.59 Å². The fraction of sp³-hybridized carbons (Fsp3) is 0.280. The van der Waals surface area contributed by atoms with E-state index < -0.39 is 5.92 Å². The Kier molecular flexibility index (Phi) is 6.49. The van der Waals surface area contributed by atoms with Gasteiger partial charge in [-0.1, -0.05) is 42.5 Å². The van der Waals surface area contributed by atoms with Crippen LogP contribution in [0.2, 0.25) is 0 Å². The minimum atomic E-state index is -0.496. The Morgan fingerprint density at radius 2 is 1.81 bits per heavy atom. The second-order valence-electron chi connectivity index (χ2n) is 7.43. The third-order valence-electron chi connectivity index (χ3n) is 5.73. The number of likely N-dealkylation sites (N-methyl/N-ethyl adjacent to an activating group) is 1. The Hall–Kier alpha value is -2.96. The minimum Gasteiger partial charge on any atom is -0.383 e. The summed E-state index contributed by atoms with van der Waals surface area (Å²) < 4.78 is 5.29. The van der Waals surface area contributed by atoms with Gasteiger partial charge in [-0.15, -0.1) is 11.3 Å². The van der Waals surface area contributed by atoms with Gasteiger partial charge < -0.3 is 14.5 Å². The molecule has 2 atom stereocenters. The smallest absolute Gasteiger partial charge is 0.254 e. The summed E-state index contributed by atoms with van der Waals surface area (Å²) in [5.74, 6) is -0.558. The molecule has 1 aliphatic heterocycles. The number of rotatable bonds is 7. The average molecular weight is 435 g/mol. The second kappa shape index (κ2) is 9.45. The van der Waals surface area contributed by atoms with Crippen molar-refractivity contribution in [3.63, 3.8) is 0 Å². The molecule has 2 heterocycles. The number of hydrogen-bond donors (Lipinski definition) is 0. The lowest BCUT2D eigenvalue weighted by Crippen LogP contribution is -2.49. The third kappa shape index (κ3) is 4.01. The molecule has 0 aliphatic carbocycles. The molecule has 1 aromatic heterocycles. The molecule has 0 saturated heterocycles. The van der Waals surface area contributed by atoms with Crippen LogP contribution in [-0.2, 0) is 9.53 Å². The topological polar surface area (TPSA) is 49.9 Å². The van der Waals surface area contributed by atoms with Crippen molar-refractivity contribution < 1.29 is 14.3 Å². The van der Waals surface area contributed by atoms with E-state index in [4.69, 9.17) is 4.74 Å². The Morgan fingerprint density at radius 3 is 2.48 bits per heavy atom. The standard InChI is InChI=1S/C25H26N2O3S/c1-3-26(18-10-5-4-6-11-18)25(29)22-19-12-7-8-13-20(19)24(28)27(15-16-30-2)23(22)21-14-9-17-31-21/h4-14,17,22-23H,3,15-16H2,1-2H3. The van der Waals surface area contributed by atoms with Gasteiger partial charge in [0.05, 0.1) is 18.6 Å². The van der Waals surface area contributed by atoms with Gasteiger partial charge in [0, 0.05) is 36.3 Å². The molecule has 0 radical (unpaired) electrons. The van der Waals surface area contributed by atoms with Gasteiger partial charge in [0.15, 0.2) is 0 Å². The zero-order valence-corrected chi connectivity index (χ0v) is 18.5. The maximum Gasteiger partial charge on any atom is 0.254 e. The maximum absolute atomic E-state index is 14.1. The third-order valence-corrected chi connectivity index (χ3v) is 6.67. The van der Waals surface area contributed by atoms with Gasteiger partial charge >= 0.3 is 0 Å². The van der Waals surface area contributed by atoms with Crippen LogP contribution in [0.3, 0.4) is 0 Å². The van der Waals surface area contributed by atoms with Crippen molar-refractivity contribution in [1.82, 2.24) is 4.90 Å². The molecule has 4 rings (SSSR count). The predicted molar refractivity (Wildman–Crippen MR) is 124 cm³/mol. The highest BCUT2D eigenvalue weighted by molar-refractivity contribution is 7.10. The Balaban J connectivity index is 1.86. The van der Waals surface area contributed by atoms with Gasteiger partial charge in [-0.05, 0) is 42.1 Å². The van der Waals surface area contributed by atoms with Crippen molar-refractivity contribution in [3.05, 3.63) is 88.1 Å². The summed E-state index contributed by atoms with van der Waals surface area (Å²) in [6.45, 7) is 3.36. The molecule has 6 heteroatoms. The van der Waals surface area contributed by atoms with Gasteiger partial charge in [0.1, 0.15) is 0 Å². The molecule has 0 spiro atoms. The summed E-state index contributed by atoms with van der Waals surface area (Å²) in [5.41, 5.74) is 2.24. The van der Waals surface area contributed by atoms with Crippen molar-refractivity contribution in [2.75, 3.05) is 31.7 Å². The van der Waals surface area contributed by atoms with Crippen LogP contribution in [0.25, 0.3) is 0 Å². The first kappa shape index (κ1) is 21.3. The van der Waals surface area contributed by atoms with Gasteiger partial charge in [0.25, 0.3) is 5.91 Å². The molecule has 1 aliphatic rings. The first-order chi connectivity index (χ1) is 15.2. The van der Waals surface area contributed by atoms with Gasteiger partial charge in [0.2, 0.25) is 5.91 Å². The van der Waals surface area contributed by atoms with E-state index in [2.05, 4.69) is 0 Å². The number of anilines is 1. The van der Waals surface area contributed by atoms with Crippen molar-refractivity contribution in [2.45, 2.75) is 18.9 Å². The van der Waals surface area contributed by atoms with Gasteiger partial charge in [-0.25, -0.2) is 0 Å². The lowest BCUT2D eigenvalue weighted by Gasteiger charge is -2.42. The lowest BCUT2D eigenvalue weighted by atomic mass is 9.81. The number of hydrogen-bond acceptors (Lipinski definition) is 4. The number of nitrogens with zero attached hydrogens (tertiary/aromatic N) is 2. The molecular weight excluding hydrogens is 408 g/mol. The van der Waals surface area contributed by atoms with E-state index in [9.17, 15) is 9.59 Å². The van der Waals surface area contributed by atoms with E-state index >= 15 is 0 Å². The molecule has 31 heavy (non-hydrogen) atoms. The maximum atomic E-state index is 14.1. The van der Waals surface area contributed by atoms with Crippen LogP contribution < -0.4 is 4.90 Å². The number of carbonyl (C=O) groups excluding carboxylic acids is 2. The Morgan fingerprint density at radius 1 is 1.06 bits per heavy atom. The van der Waals surface area contributed by atoms with Crippen LogP contribution in [0.5, 0.6) is 0 Å². The molecule has 0 bridgehead atoms. The highest BCUT2D eigenvalue weighted by Crippen LogP contribution is 2.45. The summed E-state index contributed by atoms with van der Waals surface area (Å²) in [6.07, 6.45) is 0. The Bertz CT molecular complexity index is 1040. The average Bonchev–Trinajstić information content (AvgIpc) is 3.34. The van der Waals surface area contributed by atoms with E-state index in [-0.39, 0.29) is 17.9 Å². The highest BCUT2D eigenvalue weighted by Gasteiger charge is 2.45. The number of carbonyl (C=O) groups is 2. The van der Waals surface area contributed by atoms with E-state index in [0.717, 1.165) is 16.1 Å². The SMILES string of the molecule is CCN(C(=O)C1c2ccccc2C(=O)N(CCOC)C1c1cccs1)c1ccccc1. The molecule has 0 saturated carbocycles. The van der Waals surface area contributed by atoms with Crippen LogP contribution in [-0.4, -0.2) is 43.5 Å². The number of methoxy groups -OCH3 is 1. The first-order valence-corrected chi connectivity index (χ1v) is 11.3. The molecule has 160 valence electrons. The van der Waals surface area contributed by atoms with Crippen LogP contribution in [0.4, 0.5) is 5.69 Å². The van der Waals surface area contributed by atoms with Crippen LogP contribution in [0.1, 0.15) is 39.7 Å². The predicted octanol–water partition coefficient (Wildman–Crippen LogP) is 4.73. The normalized spacial score (nSPS) is 18.0. The van der Waals surface area contributed by atoms with E-state index in [1.807, 2.05) is 83.9 Å². The van der Waals surface area contributed by atoms with Crippen molar-refractivity contribution in [1.29, 1.82) is 0 Å². The summed E-state index contributed by atoms with van der Waals surface area (Å²) in [4.78, 5) is 32.2. The molecular formula is C25H26N2O3S. The number of para-hydroxylation sites is 1. The molecule has 5 nitrogen and oxygen atoms in total. The van der Waals surface area contributed by atoms with E-state index in [1.165, 1.54) is 0 Å². The molecule has 2 unspecified atom stereocenters. The second-order valence-corrected chi connectivity index (χ2v) is 8.41. The lowest BCUT2D eigenvalue weighted by molar-refractivity contribution is -0.121. The summed E-state index contributed by atoms with van der Waals surface area (Å²) in [5, 5.41) is 1.99. The fourth-order valence-electron chi connectivity index (χ4n) is 4.31. The molecule has 0 N–H and O–H groups in total. The molecule has 2 amide bonds. The monoisotopic (exact) mass is 434 g/mol. The zero-order valence-electron chi connectivity index (χ0n) is 17.7. The molecule has 0 fully saturated rings. The fourth-order valence-corrected chi connectivity index (χ4v) is 5.19. The largest absolute Gasteiger partial charge is 0.383 e. The number of thiophene rings is 1. The van der Waals surface area contributed by atoms with E-state index in [1.54, 1.807) is 23.3 Å². The number of fused-ring (bicyclic) bond motifs is 1. The molecule has 2 aromatic carbocycles. The Labute approximate surface area is 186 Å². The minimum absolute atomic E-state index is 0.00512. The summed E-state index contributed by atoms with van der Waals surface area (Å²) in [7, 11) is 1.62. The highest BCUT2D eigenvalue weighted by atomic mass is 32.1. The van der Waals surface area contributed by atoms with Crippen LogP contribution >= 0.6 is 11.3 Å². The van der Waals surface area contributed by atoms with Crippen molar-refractivity contribution in [2.24, 2.45) is 0 Å². The quantitative estimate of drug-likeness (QED) is 0.540. The van der Waals surface area contributed by atoms with E-state index in [0.29, 0.717) is 25.3 Å². The van der Waals surface area contributed by atoms with Crippen LogP contribution in [0.15, 0.2) is 72.1 Å². The summed E-state index contributed by atoms with van der Waals surface area (Å²) >= 11 is 1.57. The van der Waals surface area contributed by atoms with Crippen molar-refractivity contribution in [3.8, 4) is 0 Å².